The Labute approximate surface area is 197 Å². The summed E-state index contributed by atoms with van der Waals surface area (Å²) in [7, 11) is -3.86. The highest BCUT2D eigenvalue weighted by Gasteiger charge is 2.39. The van der Waals surface area contributed by atoms with E-state index in [0.29, 0.717) is 24.0 Å². The van der Waals surface area contributed by atoms with Crippen LogP contribution in [-0.4, -0.2) is 19.3 Å². The van der Waals surface area contributed by atoms with Gasteiger partial charge in [-0.05, 0) is 73.2 Å². The van der Waals surface area contributed by atoms with Crippen LogP contribution in [0.25, 0.3) is 0 Å². The highest BCUT2D eigenvalue weighted by Crippen LogP contribution is 2.42. The van der Waals surface area contributed by atoms with Gasteiger partial charge in [-0.15, -0.1) is 0 Å². The Morgan fingerprint density at radius 1 is 0.912 bits per heavy atom. The van der Waals surface area contributed by atoms with Gasteiger partial charge in [-0.25, -0.2) is 8.42 Å². The van der Waals surface area contributed by atoms with E-state index in [0.717, 1.165) is 23.3 Å². The maximum Gasteiger partial charge on any atom is 0.416 e. The lowest BCUT2D eigenvalue weighted by Gasteiger charge is -2.39. The quantitative estimate of drug-likeness (QED) is 0.443. The van der Waals surface area contributed by atoms with Gasteiger partial charge in [0, 0.05) is 6.54 Å². The molecule has 0 saturated carbocycles. The standard InChI is InChI=1S/C26H23F3N2O2S/c1-18-2-12-24(13-3-18)34(32,33)31-15-14-22(20-6-4-19(17-30)5-7-20)16-25(31)21-8-10-23(11-9-21)26(27,28)29/h2-13,22,25H,14-16H2,1H3/t22-,25+/m1/s1. The third-order valence-electron chi connectivity index (χ3n) is 6.31. The van der Waals surface area contributed by atoms with E-state index in [2.05, 4.69) is 6.07 Å². The van der Waals surface area contributed by atoms with Crippen molar-refractivity contribution in [2.24, 2.45) is 0 Å². The Bertz CT molecular complexity index is 1290. The molecule has 3 aromatic carbocycles. The van der Waals surface area contributed by atoms with Crippen LogP contribution in [0.2, 0.25) is 0 Å². The average molecular weight is 485 g/mol. The van der Waals surface area contributed by atoms with Gasteiger partial charge in [0.05, 0.1) is 28.1 Å². The Morgan fingerprint density at radius 3 is 2.06 bits per heavy atom. The molecule has 4 nitrogen and oxygen atoms in total. The molecule has 1 saturated heterocycles. The molecule has 1 fully saturated rings. The molecule has 34 heavy (non-hydrogen) atoms. The second-order valence-electron chi connectivity index (χ2n) is 8.52. The van der Waals surface area contributed by atoms with Gasteiger partial charge < -0.3 is 0 Å². The van der Waals surface area contributed by atoms with Crippen LogP contribution in [0.15, 0.2) is 77.7 Å². The lowest BCUT2D eigenvalue weighted by atomic mass is 9.83. The van der Waals surface area contributed by atoms with Crippen LogP contribution < -0.4 is 0 Å². The zero-order valence-corrected chi connectivity index (χ0v) is 19.3. The van der Waals surface area contributed by atoms with E-state index in [1.54, 1.807) is 36.4 Å². The summed E-state index contributed by atoms with van der Waals surface area (Å²) in [5.41, 5.74) is 2.18. The summed E-state index contributed by atoms with van der Waals surface area (Å²) in [4.78, 5) is 0.159. The summed E-state index contributed by atoms with van der Waals surface area (Å²) >= 11 is 0. The topological polar surface area (TPSA) is 61.2 Å². The molecule has 8 heteroatoms. The SMILES string of the molecule is Cc1ccc(S(=O)(=O)N2CC[C@@H](c3ccc(C#N)cc3)C[C@H]2c2ccc(C(F)(F)F)cc2)cc1. The van der Waals surface area contributed by atoms with Gasteiger partial charge >= 0.3 is 6.18 Å². The molecule has 3 aromatic rings. The Kier molecular flexibility index (Phi) is 6.52. The number of hydrogen-bond donors (Lipinski definition) is 0. The molecule has 1 aliphatic heterocycles. The smallest absolute Gasteiger partial charge is 0.207 e. The highest BCUT2D eigenvalue weighted by atomic mass is 32.2. The van der Waals surface area contributed by atoms with Crippen molar-refractivity contribution in [3.63, 3.8) is 0 Å². The van der Waals surface area contributed by atoms with Gasteiger partial charge in [-0.2, -0.15) is 22.7 Å². The first-order valence-corrected chi connectivity index (χ1v) is 12.3. The number of nitrogens with zero attached hydrogens (tertiary/aromatic N) is 2. The highest BCUT2D eigenvalue weighted by molar-refractivity contribution is 7.89. The van der Waals surface area contributed by atoms with Crippen LogP contribution in [0.1, 0.15) is 52.6 Å². The summed E-state index contributed by atoms with van der Waals surface area (Å²) in [6.45, 7) is 2.09. The molecule has 176 valence electrons. The van der Waals surface area contributed by atoms with Gasteiger partial charge in [-0.1, -0.05) is 42.0 Å². The van der Waals surface area contributed by atoms with Crippen LogP contribution in [0.5, 0.6) is 0 Å². The van der Waals surface area contributed by atoms with Crippen molar-refractivity contribution >= 4 is 10.0 Å². The van der Waals surface area contributed by atoms with Crippen molar-refractivity contribution in [3.8, 4) is 6.07 Å². The molecular weight excluding hydrogens is 461 g/mol. The molecule has 4 rings (SSSR count). The van der Waals surface area contributed by atoms with Crippen LogP contribution in [-0.2, 0) is 16.2 Å². The average Bonchev–Trinajstić information content (AvgIpc) is 2.83. The number of sulfonamides is 1. The van der Waals surface area contributed by atoms with E-state index >= 15 is 0 Å². The first-order valence-electron chi connectivity index (χ1n) is 10.9. The number of nitriles is 1. The minimum Gasteiger partial charge on any atom is -0.207 e. The summed E-state index contributed by atoms with van der Waals surface area (Å²) in [6.07, 6.45) is -3.49. The van der Waals surface area contributed by atoms with Crippen LogP contribution in [0.3, 0.4) is 0 Å². The molecule has 1 heterocycles. The van der Waals surface area contributed by atoms with E-state index < -0.39 is 27.8 Å². The zero-order chi connectivity index (χ0) is 24.5. The number of hydrogen-bond acceptors (Lipinski definition) is 3. The third kappa shape index (κ3) is 4.86. The molecule has 0 aromatic heterocycles. The van der Waals surface area contributed by atoms with Gasteiger partial charge in [0.25, 0.3) is 0 Å². The van der Waals surface area contributed by atoms with E-state index in [4.69, 9.17) is 5.26 Å². The zero-order valence-electron chi connectivity index (χ0n) is 18.5. The largest absolute Gasteiger partial charge is 0.416 e. The van der Waals surface area contributed by atoms with Crippen molar-refractivity contribution in [2.75, 3.05) is 6.54 Å². The third-order valence-corrected chi connectivity index (χ3v) is 8.24. The number of alkyl halides is 3. The summed E-state index contributed by atoms with van der Waals surface area (Å²) in [5.74, 6) is 0.00417. The molecule has 1 aliphatic rings. The second-order valence-corrected chi connectivity index (χ2v) is 10.4. The van der Waals surface area contributed by atoms with Crippen LogP contribution >= 0.6 is 0 Å². The normalized spacial score (nSPS) is 19.5. The molecule has 2 atom stereocenters. The molecule has 0 unspecified atom stereocenters. The minimum atomic E-state index is -4.47. The first kappa shape index (κ1) is 24.0. The second kappa shape index (κ2) is 9.24. The molecule has 0 aliphatic carbocycles. The molecule has 0 N–H and O–H groups in total. The molecular formula is C26H23F3N2O2S. The van der Waals surface area contributed by atoms with Gasteiger partial charge in [-0.3, -0.25) is 0 Å². The Morgan fingerprint density at radius 2 is 1.50 bits per heavy atom. The molecule has 0 spiro atoms. The van der Waals surface area contributed by atoms with Crippen molar-refractivity contribution in [2.45, 2.75) is 42.8 Å². The van der Waals surface area contributed by atoms with Gasteiger partial charge in [0.2, 0.25) is 10.0 Å². The van der Waals surface area contributed by atoms with Crippen molar-refractivity contribution in [1.29, 1.82) is 5.26 Å². The summed E-state index contributed by atoms with van der Waals surface area (Å²) < 4.78 is 67.8. The lowest BCUT2D eigenvalue weighted by Crippen LogP contribution is -2.40. The fourth-order valence-corrected chi connectivity index (χ4v) is 6.05. The van der Waals surface area contributed by atoms with Crippen molar-refractivity contribution in [1.82, 2.24) is 4.31 Å². The van der Waals surface area contributed by atoms with E-state index in [1.807, 2.05) is 19.1 Å². The molecule has 0 amide bonds. The van der Waals surface area contributed by atoms with Crippen LogP contribution in [0, 0.1) is 18.3 Å². The number of piperidine rings is 1. The summed E-state index contributed by atoms with van der Waals surface area (Å²) in [6, 6.07) is 19.9. The van der Waals surface area contributed by atoms with E-state index in [9.17, 15) is 21.6 Å². The predicted molar refractivity (Wildman–Crippen MR) is 122 cm³/mol. The van der Waals surface area contributed by atoms with Crippen LogP contribution in [0.4, 0.5) is 13.2 Å². The van der Waals surface area contributed by atoms with E-state index in [-0.39, 0.29) is 17.4 Å². The lowest BCUT2D eigenvalue weighted by molar-refractivity contribution is -0.137. The monoisotopic (exact) mass is 484 g/mol. The minimum absolute atomic E-state index is 0.00417. The summed E-state index contributed by atoms with van der Waals surface area (Å²) in [5, 5.41) is 9.06. The fourth-order valence-electron chi connectivity index (χ4n) is 4.41. The fraction of sp³-hybridized carbons (Fsp3) is 0.269. The van der Waals surface area contributed by atoms with Crippen molar-refractivity contribution in [3.05, 3.63) is 101 Å². The number of halogens is 3. The molecule has 0 bridgehead atoms. The first-order chi connectivity index (χ1) is 16.1. The van der Waals surface area contributed by atoms with E-state index in [1.165, 1.54) is 16.4 Å². The Hall–Kier alpha value is -3.15. The Balaban J connectivity index is 1.71. The van der Waals surface area contributed by atoms with Gasteiger partial charge in [0.1, 0.15) is 0 Å². The van der Waals surface area contributed by atoms with Gasteiger partial charge in [0.15, 0.2) is 0 Å². The number of benzene rings is 3. The molecule has 0 radical (unpaired) electrons. The maximum atomic E-state index is 13.5. The van der Waals surface area contributed by atoms with Crippen molar-refractivity contribution < 1.29 is 21.6 Å². The maximum absolute atomic E-state index is 13.5. The number of rotatable bonds is 4. The predicted octanol–water partition coefficient (Wildman–Crippen LogP) is 6.20. The number of aryl methyl sites for hydroxylation is 1.